The molecule has 3 aliphatic heterocycles. The number of nitrogens with zero attached hydrogens (tertiary/aromatic N) is 3. The molecule has 0 saturated heterocycles. The Hall–Kier alpha value is -3.90. The van der Waals surface area contributed by atoms with E-state index in [1.807, 2.05) is 0 Å². The SMILES string of the molecule is CCC1(O)C(=O)OCc2c1cc1n(c2=O)Cc2c-1nc1ccc(C#N)c3c1c2OCO3. The molecule has 0 fully saturated rings. The lowest BCUT2D eigenvalue weighted by atomic mass is 9.86. The van der Waals surface area contributed by atoms with Crippen molar-refractivity contribution >= 4 is 16.9 Å². The summed E-state index contributed by atoms with van der Waals surface area (Å²) in [4.78, 5) is 30.3. The molecule has 1 N–H and O–H groups in total. The number of carbonyl (C=O) groups is 1. The Morgan fingerprint density at radius 2 is 2.03 bits per heavy atom. The van der Waals surface area contributed by atoms with Gasteiger partial charge in [0.15, 0.2) is 11.4 Å². The average Bonchev–Trinajstić information content (AvgIpc) is 3.16. The fraction of sp³-hybridized carbons (Fsp3) is 0.273. The fourth-order valence-corrected chi connectivity index (χ4v) is 4.65. The van der Waals surface area contributed by atoms with E-state index >= 15 is 0 Å². The molecule has 0 aliphatic carbocycles. The third-order valence-corrected chi connectivity index (χ3v) is 6.28. The van der Waals surface area contributed by atoms with Crippen molar-refractivity contribution in [1.29, 1.82) is 5.26 Å². The van der Waals surface area contributed by atoms with Gasteiger partial charge in [-0.05, 0) is 24.6 Å². The number of esters is 1. The molecule has 1 aromatic carbocycles. The second-order valence-corrected chi connectivity index (χ2v) is 7.73. The van der Waals surface area contributed by atoms with Gasteiger partial charge >= 0.3 is 5.97 Å². The number of benzene rings is 1. The molecule has 6 rings (SSSR count). The van der Waals surface area contributed by atoms with Gasteiger partial charge in [0.1, 0.15) is 18.4 Å². The van der Waals surface area contributed by atoms with Crippen LogP contribution in [-0.4, -0.2) is 27.4 Å². The van der Waals surface area contributed by atoms with Crippen LogP contribution in [0, 0.1) is 11.3 Å². The summed E-state index contributed by atoms with van der Waals surface area (Å²) in [5.74, 6) is 0.178. The second kappa shape index (κ2) is 5.83. The quantitative estimate of drug-likeness (QED) is 0.464. The molecule has 9 heteroatoms. The average molecular weight is 417 g/mol. The number of aromatic nitrogens is 2. The standard InChI is InChI=1S/C22H15N3O6/c1-2-22(28)13-5-15-17-11(7-25(15)20(26)12(13)8-29-21(22)27)19-16-14(24-17)4-3-10(6-23)18(16)30-9-31-19/h3-5,28H,2,7-9H2,1H3. The number of cyclic esters (lactones) is 1. The summed E-state index contributed by atoms with van der Waals surface area (Å²) in [6.45, 7) is 1.63. The molecule has 0 amide bonds. The molecule has 2 aromatic heterocycles. The van der Waals surface area contributed by atoms with E-state index in [2.05, 4.69) is 6.07 Å². The monoisotopic (exact) mass is 417 g/mol. The van der Waals surface area contributed by atoms with Crippen LogP contribution < -0.4 is 15.0 Å². The summed E-state index contributed by atoms with van der Waals surface area (Å²) >= 11 is 0. The lowest BCUT2D eigenvalue weighted by Crippen LogP contribution is -2.44. The summed E-state index contributed by atoms with van der Waals surface area (Å²) in [6, 6.07) is 7.11. The maximum Gasteiger partial charge on any atom is 0.343 e. The largest absolute Gasteiger partial charge is 0.458 e. The lowest BCUT2D eigenvalue weighted by molar-refractivity contribution is -0.172. The molecule has 0 radical (unpaired) electrons. The minimum absolute atomic E-state index is 0.0586. The molecule has 1 unspecified atom stereocenters. The van der Waals surface area contributed by atoms with Crippen molar-refractivity contribution in [3.05, 3.63) is 50.8 Å². The van der Waals surface area contributed by atoms with E-state index < -0.39 is 11.6 Å². The van der Waals surface area contributed by atoms with Gasteiger partial charge < -0.3 is 23.9 Å². The van der Waals surface area contributed by atoms with Crippen molar-refractivity contribution in [3.63, 3.8) is 0 Å². The van der Waals surface area contributed by atoms with Gasteiger partial charge in [-0.2, -0.15) is 5.26 Å². The van der Waals surface area contributed by atoms with Crippen molar-refractivity contribution in [2.45, 2.75) is 32.1 Å². The van der Waals surface area contributed by atoms with Gasteiger partial charge in [-0.15, -0.1) is 0 Å². The van der Waals surface area contributed by atoms with Gasteiger partial charge in [0, 0.05) is 11.1 Å². The van der Waals surface area contributed by atoms with Crippen LogP contribution in [0.4, 0.5) is 0 Å². The Bertz CT molecular complexity index is 1450. The Morgan fingerprint density at radius 3 is 2.81 bits per heavy atom. The predicted molar refractivity (Wildman–Crippen MR) is 105 cm³/mol. The van der Waals surface area contributed by atoms with Crippen LogP contribution in [0.15, 0.2) is 23.0 Å². The van der Waals surface area contributed by atoms with Crippen molar-refractivity contribution in [1.82, 2.24) is 9.55 Å². The number of carbonyl (C=O) groups excluding carboxylic acids is 1. The van der Waals surface area contributed by atoms with Crippen LogP contribution in [0.3, 0.4) is 0 Å². The number of hydrogen-bond donors (Lipinski definition) is 1. The van der Waals surface area contributed by atoms with Crippen LogP contribution >= 0.6 is 0 Å². The van der Waals surface area contributed by atoms with Crippen molar-refractivity contribution in [2.24, 2.45) is 0 Å². The zero-order valence-corrected chi connectivity index (χ0v) is 16.4. The number of fused-ring (bicyclic) bond motifs is 5. The molecule has 1 atom stereocenters. The predicted octanol–water partition coefficient (Wildman–Crippen LogP) is 1.68. The summed E-state index contributed by atoms with van der Waals surface area (Å²) < 4.78 is 18.0. The topological polar surface area (TPSA) is 124 Å². The van der Waals surface area contributed by atoms with E-state index in [1.54, 1.807) is 29.7 Å². The Labute approximate surface area is 175 Å². The zero-order valence-electron chi connectivity index (χ0n) is 16.4. The van der Waals surface area contributed by atoms with E-state index in [9.17, 15) is 20.0 Å². The van der Waals surface area contributed by atoms with Gasteiger partial charge in [-0.3, -0.25) is 4.79 Å². The van der Waals surface area contributed by atoms with Crippen LogP contribution in [0.5, 0.6) is 11.5 Å². The first-order valence-corrected chi connectivity index (χ1v) is 9.80. The molecule has 154 valence electrons. The zero-order chi connectivity index (χ0) is 21.5. The van der Waals surface area contributed by atoms with E-state index in [4.69, 9.17) is 19.2 Å². The molecule has 3 aliphatic rings. The number of rotatable bonds is 1. The van der Waals surface area contributed by atoms with Crippen LogP contribution in [0.2, 0.25) is 0 Å². The highest BCUT2D eigenvalue weighted by molar-refractivity contribution is 5.97. The van der Waals surface area contributed by atoms with Gasteiger partial charge in [0.2, 0.25) is 6.79 Å². The van der Waals surface area contributed by atoms with E-state index in [0.29, 0.717) is 44.9 Å². The van der Waals surface area contributed by atoms with E-state index in [0.717, 1.165) is 0 Å². The Kier molecular flexibility index (Phi) is 3.37. The molecule has 5 heterocycles. The number of ether oxygens (including phenoxy) is 3. The van der Waals surface area contributed by atoms with Crippen LogP contribution in [0.1, 0.15) is 35.6 Å². The highest BCUT2D eigenvalue weighted by Crippen LogP contribution is 2.47. The first-order valence-electron chi connectivity index (χ1n) is 9.80. The minimum Gasteiger partial charge on any atom is -0.458 e. The molecule has 0 bridgehead atoms. The summed E-state index contributed by atoms with van der Waals surface area (Å²) in [6.07, 6.45) is 0.0751. The first-order chi connectivity index (χ1) is 15.0. The molecule has 3 aromatic rings. The molecular formula is C22H15N3O6. The molecule has 31 heavy (non-hydrogen) atoms. The smallest absolute Gasteiger partial charge is 0.343 e. The minimum atomic E-state index is -1.88. The normalized spacial score (nSPS) is 20.1. The molecule has 0 saturated carbocycles. The van der Waals surface area contributed by atoms with Crippen molar-refractivity contribution in [3.8, 4) is 29.0 Å². The maximum atomic E-state index is 13.3. The molecule has 9 nitrogen and oxygen atoms in total. The number of nitriles is 1. The fourth-order valence-electron chi connectivity index (χ4n) is 4.65. The van der Waals surface area contributed by atoms with E-state index in [1.165, 1.54) is 0 Å². The summed E-state index contributed by atoms with van der Waals surface area (Å²) in [7, 11) is 0. The third-order valence-electron chi connectivity index (χ3n) is 6.28. The second-order valence-electron chi connectivity index (χ2n) is 7.73. The van der Waals surface area contributed by atoms with Crippen molar-refractivity contribution < 1.29 is 24.1 Å². The Balaban J connectivity index is 1.67. The summed E-state index contributed by atoms with van der Waals surface area (Å²) in [5.41, 5.74) is 0.972. The molecule has 0 spiro atoms. The van der Waals surface area contributed by atoms with Crippen molar-refractivity contribution in [2.75, 3.05) is 6.79 Å². The van der Waals surface area contributed by atoms with Gasteiger partial charge in [-0.25, -0.2) is 9.78 Å². The summed E-state index contributed by atoms with van der Waals surface area (Å²) in [5, 5.41) is 21.0. The van der Waals surface area contributed by atoms with E-state index in [-0.39, 0.29) is 43.1 Å². The highest BCUT2D eigenvalue weighted by atomic mass is 16.7. The number of pyridine rings is 2. The van der Waals surface area contributed by atoms with Crippen LogP contribution in [0.25, 0.3) is 22.3 Å². The van der Waals surface area contributed by atoms with Gasteiger partial charge in [0.05, 0.1) is 40.0 Å². The Morgan fingerprint density at radius 1 is 1.23 bits per heavy atom. The first kappa shape index (κ1) is 17.9. The van der Waals surface area contributed by atoms with Gasteiger partial charge in [0.25, 0.3) is 5.56 Å². The molecular weight excluding hydrogens is 402 g/mol. The third kappa shape index (κ3) is 2.09. The highest BCUT2D eigenvalue weighted by Gasteiger charge is 2.45. The van der Waals surface area contributed by atoms with Gasteiger partial charge in [-0.1, -0.05) is 6.92 Å². The maximum absolute atomic E-state index is 13.3. The number of hydrogen-bond acceptors (Lipinski definition) is 8. The number of aliphatic hydroxyl groups is 1. The van der Waals surface area contributed by atoms with Crippen LogP contribution in [-0.2, 0) is 28.3 Å². The lowest BCUT2D eigenvalue weighted by Gasteiger charge is -2.31.